The van der Waals surface area contributed by atoms with Crippen molar-refractivity contribution >= 4 is 32.7 Å². The minimum atomic E-state index is -3.50. The van der Waals surface area contributed by atoms with E-state index in [1.54, 1.807) is 17.2 Å². The Labute approximate surface area is 206 Å². The van der Waals surface area contributed by atoms with E-state index in [0.717, 1.165) is 10.9 Å². The van der Waals surface area contributed by atoms with Gasteiger partial charge >= 0.3 is 0 Å². The molecule has 0 saturated carbocycles. The molecule has 2 amide bonds. The zero-order valence-electron chi connectivity index (χ0n) is 20.9. The molecular weight excluding hydrogens is 471 g/mol. The lowest BCUT2D eigenvalue weighted by atomic mass is 9.90. The second kappa shape index (κ2) is 9.54. The molecule has 4 rings (SSSR count). The number of halogens is 1. The Morgan fingerprint density at radius 3 is 2.60 bits per heavy atom. The standard InChI is InChI=1S/C25H35FN4O4S/c1-6-15(4)24(31)28-22(14(2)3)25(32)29-10-9-21-23(29)19(13-30(21)35(5,33)34)18-12-27-20-11-16(26)7-8-17(18)20/h7-8,11-12,14-15,19,21-23,27H,6,9-10,13H2,1-5H3,(H,28,31)/t15-,19-,21-,22+,23-/m1/s1. The van der Waals surface area contributed by atoms with E-state index in [2.05, 4.69) is 10.3 Å². The molecule has 35 heavy (non-hydrogen) atoms. The second-order valence-corrected chi connectivity index (χ2v) is 12.2. The third-order valence-corrected chi connectivity index (χ3v) is 8.93. The Morgan fingerprint density at radius 1 is 1.26 bits per heavy atom. The molecule has 1 aromatic heterocycles. The second-order valence-electron chi connectivity index (χ2n) is 10.3. The van der Waals surface area contributed by atoms with Gasteiger partial charge in [-0.05, 0) is 42.5 Å². The lowest BCUT2D eigenvalue weighted by molar-refractivity contribution is -0.139. The van der Waals surface area contributed by atoms with E-state index in [1.807, 2.05) is 27.7 Å². The first-order valence-electron chi connectivity index (χ1n) is 12.3. The van der Waals surface area contributed by atoms with Crippen molar-refractivity contribution in [3.8, 4) is 0 Å². The predicted octanol–water partition coefficient (Wildman–Crippen LogP) is 2.82. The van der Waals surface area contributed by atoms with Crippen LogP contribution in [0.2, 0.25) is 0 Å². The molecule has 2 aromatic rings. The molecule has 3 heterocycles. The molecule has 0 unspecified atom stereocenters. The highest BCUT2D eigenvalue weighted by Gasteiger charge is 2.54. The van der Waals surface area contributed by atoms with Gasteiger partial charge in [0, 0.05) is 48.1 Å². The minimum Gasteiger partial charge on any atom is -0.361 e. The van der Waals surface area contributed by atoms with E-state index in [-0.39, 0.29) is 54.0 Å². The topological polar surface area (TPSA) is 103 Å². The van der Waals surface area contributed by atoms with Gasteiger partial charge in [-0.25, -0.2) is 12.8 Å². The maximum atomic E-state index is 13.8. The first kappa shape index (κ1) is 25.6. The molecule has 8 nitrogen and oxygen atoms in total. The van der Waals surface area contributed by atoms with Crippen LogP contribution in [0.5, 0.6) is 0 Å². The number of carbonyl (C=O) groups excluding carboxylic acids is 2. The fraction of sp³-hybridized carbons (Fsp3) is 0.600. The summed E-state index contributed by atoms with van der Waals surface area (Å²) in [6.07, 6.45) is 4.20. The summed E-state index contributed by atoms with van der Waals surface area (Å²) >= 11 is 0. The van der Waals surface area contributed by atoms with E-state index in [4.69, 9.17) is 0 Å². The van der Waals surface area contributed by atoms with Gasteiger partial charge in [-0.15, -0.1) is 0 Å². The molecule has 5 atom stereocenters. The molecule has 2 fully saturated rings. The molecule has 2 aliphatic rings. The van der Waals surface area contributed by atoms with Crippen LogP contribution in [-0.2, 0) is 19.6 Å². The lowest BCUT2D eigenvalue weighted by Gasteiger charge is -2.33. The quantitative estimate of drug-likeness (QED) is 0.603. The first-order chi connectivity index (χ1) is 16.4. The predicted molar refractivity (Wildman–Crippen MR) is 133 cm³/mol. The number of aromatic amines is 1. The number of rotatable bonds is 7. The monoisotopic (exact) mass is 506 g/mol. The Balaban J connectivity index is 1.71. The number of carbonyl (C=O) groups is 2. The third kappa shape index (κ3) is 4.70. The Kier molecular flexibility index (Phi) is 6.98. The molecule has 0 spiro atoms. The summed E-state index contributed by atoms with van der Waals surface area (Å²) in [6.45, 7) is 8.22. The zero-order valence-corrected chi connectivity index (χ0v) is 21.7. The van der Waals surface area contributed by atoms with Crippen LogP contribution >= 0.6 is 0 Å². The molecule has 0 bridgehead atoms. The van der Waals surface area contributed by atoms with Crippen molar-refractivity contribution in [3.05, 3.63) is 35.8 Å². The SMILES string of the molecule is CC[C@@H](C)C(=O)N[C@H](C(=O)N1CC[C@@H]2[C@H]1[C@@H](c1c[nH]c3cc(F)ccc13)CN2S(C)(=O)=O)C(C)C. The molecule has 1 aromatic carbocycles. The van der Waals surface area contributed by atoms with Gasteiger partial charge in [0.2, 0.25) is 21.8 Å². The summed E-state index contributed by atoms with van der Waals surface area (Å²) in [7, 11) is -3.50. The van der Waals surface area contributed by atoms with Crippen LogP contribution in [0.25, 0.3) is 10.9 Å². The molecular formula is C25H35FN4O4S. The van der Waals surface area contributed by atoms with E-state index in [1.165, 1.54) is 22.7 Å². The third-order valence-electron chi connectivity index (χ3n) is 7.65. The molecule has 0 radical (unpaired) electrons. The Hall–Kier alpha value is -2.46. The van der Waals surface area contributed by atoms with Gasteiger partial charge in [0.15, 0.2) is 0 Å². The van der Waals surface area contributed by atoms with Crippen LogP contribution in [0.4, 0.5) is 4.39 Å². The van der Waals surface area contributed by atoms with Crippen molar-refractivity contribution in [1.29, 1.82) is 0 Å². The van der Waals surface area contributed by atoms with Gasteiger partial charge in [0.25, 0.3) is 0 Å². The minimum absolute atomic E-state index is 0.128. The highest BCUT2D eigenvalue weighted by molar-refractivity contribution is 7.88. The summed E-state index contributed by atoms with van der Waals surface area (Å²) in [4.78, 5) is 31.4. The summed E-state index contributed by atoms with van der Waals surface area (Å²) in [5, 5.41) is 3.76. The van der Waals surface area contributed by atoms with Crippen LogP contribution in [0.1, 0.15) is 52.0 Å². The van der Waals surface area contributed by atoms with Crippen LogP contribution < -0.4 is 5.32 Å². The van der Waals surface area contributed by atoms with Crippen molar-refractivity contribution in [3.63, 3.8) is 0 Å². The summed E-state index contributed by atoms with van der Waals surface area (Å²) in [6, 6.07) is 3.08. The van der Waals surface area contributed by atoms with Crippen LogP contribution in [-0.4, -0.2) is 71.9 Å². The average Bonchev–Trinajstić information content (AvgIpc) is 3.49. The maximum Gasteiger partial charge on any atom is 0.245 e. The summed E-state index contributed by atoms with van der Waals surface area (Å²) in [5.74, 6) is -1.32. The number of aromatic nitrogens is 1. The van der Waals surface area contributed by atoms with Crippen molar-refractivity contribution in [2.45, 2.75) is 64.6 Å². The van der Waals surface area contributed by atoms with Gasteiger partial charge in [-0.1, -0.05) is 27.7 Å². The van der Waals surface area contributed by atoms with E-state index < -0.39 is 16.1 Å². The average molecular weight is 507 g/mol. The number of H-pyrrole nitrogens is 1. The highest BCUT2D eigenvalue weighted by atomic mass is 32.2. The van der Waals surface area contributed by atoms with Gasteiger partial charge in [-0.2, -0.15) is 4.31 Å². The zero-order chi connectivity index (χ0) is 25.7. The van der Waals surface area contributed by atoms with Gasteiger partial charge in [0.05, 0.1) is 12.3 Å². The number of nitrogens with one attached hydrogen (secondary N) is 2. The fourth-order valence-corrected chi connectivity index (χ4v) is 6.71. The van der Waals surface area contributed by atoms with Gasteiger partial charge in [-0.3, -0.25) is 9.59 Å². The Bertz CT molecular complexity index is 1230. The number of hydrogen-bond donors (Lipinski definition) is 2. The summed E-state index contributed by atoms with van der Waals surface area (Å²) < 4.78 is 40.6. The van der Waals surface area contributed by atoms with Crippen molar-refractivity contribution in [1.82, 2.24) is 19.5 Å². The fourth-order valence-electron chi connectivity index (χ4n) is 5.56. The van der Waals surface area contributed by atoms with Crippen molar-refractivity contribution in [2.24, 2.45) is 11.8 Å². The molecule has 2 aliphatic heterocycles. The van der Waals surface area contributed by atoms with Crippen molar-refractivity contribution < 1.29 is 22.4 Å². The van der Waals surface area contributed by atoms with E-state index in [0.29, 0.717) is 24.9 Å². The highest BCUT2D eigenvalue weighted by Crippen LogP contribution is 2.44. The van der Waals surface area contributed by atoms with Gasteiger partial charge < -0.3 is 15.2 Å². The van der Waals surface area contributed by atoms with Gasteiger partial charge in [0.1, 0.15) is 11.9 Å². The number of hydrogen-bond acceptors (Lipinski definition) is 4. The van der Waals surface area contributed by atoms with Crippen LogP contribution in [0.3, 0.4) is 0 Å². The maximum absolute atomic E-state index is 13.8. The molecule has 2 N–H and O–H groups in total. The van der Waals surface area contributed by atoms with Crippen molar-refractivity contribution in [2.75, 3.05) is 19.3 Å². The number of benzene rings is 1. The summed E-state index contributed by atoms with van der Waals surface area (Å²) in [5.41, 5.74) is 1.50. The number of amides is 2. The van der Waals surface area contributed by atoms with E-state index in [9.17, 15) is 22.4 Å². The largest absolute Gasteiger partial charge is 0.361 e. The number of fused-ring (bicyclic) bond motifs is 2. The normalized spacial score (nSPS) is 24.7. The molecule has 192 valence electrons. The molecule has 0 aliphatic carbocycles. The smallest absolute Gasteiger partial charge is 0.245 e. The molecule has 2 saturated heterocycles. The lowest BCUT2D eigenvalue weighted by Crippen LogP contribution is -2.54. The first-order valence-corrected chi connectivity index (χ1v) is 14.1. The molecule has 10 heteroatoms. The number of likely N-dealkylation sites (tertiary alicyclic amines) is 1. The van der Waals surface area contributed by atoms with Crippen LogP contribution in [0.15, 0.2) is 24.4 Å². The number of sulfonamides is 1. The Morgan fingerprint density at radius 2 is 1.97 bits per heavy atom. The number of nitrogens with zero attached hydrogens (tertiary/aromatic N) is 2. The van der Waals surface area contributed by atoms with Crippen LogP contribution in [0, 0.1) is 17.7 Å². The van der Waals surface area contributed by atoms with E-state index >= 15 is 0 Å².